The van der Waals surface area contributed by atoms with Gasteiger partial charge in [0.15, 0.2) is 11.6 Å². The maximum atomic E-state index is 5.99. The van der Waals surface area contributed by atoms with E-state index in [1.165, 1.54) is 0 Å². The lowest BCUT2D eigenvalue weighted by molar-refractivity contribution is 0.254. The molecule has 0 saturated heterocycles. The smallest absolute Gasteiger partial charge is 0.226 e. The predicted molar refractivity (Wildman–Crippen MR) is 110 cm³/mol. The summed E-state index contributed by atoms with van der Waals surface area (Å²) in [5, 5.41) is 6.35. The van der Waals surface area contributed by atoms with E-state index in [9.17, 15) is 0 Å². The number of hydrogen-bond acceptors (Lipinski definition) is 9. The van der Waals surface area contributed by atoms with Gasteiger partial charge in [0, 0.05) is 31.9 Å². The molecule has 0 unspecified atom stereocenters. The number of aromatic nitrogens is 3. The van der Waals surface area contributed by atoms with Gasteiger partial charge in [-0.05, 0) is 26.1 Å². The summed E-state index contributed by atoms with van der Waals surface area (Å²) >= 11 is 0. The summed E-state index contributed by atoms with van der Waals surface area (Å²) in [5.74, 6) is 1.84. The van der Waals surface area contributed by atoms with Gasteiger partial charge in [-0.2, -0.15) is 9.97 Å². The molecule has 2 heterocycles. The topological polar surface area (TPSA) is 127 Å². The molecule has 0 aromatic carbocycles. The van der Waals surface area contributed by atoms with E-state index < -0.39 is 0 Å². The quantitative estimate of drug-likeness (QED) is 0.435. The van der Waals surface area contributed by atoms with Crippen molar-refractivity contribution < 1.29 is 4.74 Å². The molecule has 2 aromatic heterocycles. The molecule has 0 amide bonds. The lowest BCUT2D eigenvalue weighted by atomic mass is 10.3. The molecule has 0 aliphatic carbocycles. The van der Waals surface area contributed by atoms with Crippen molar-refractivity contribution in [2.45, 2.75) is 26.3 Å². The zero-order valence-corrected chi connectivity index (χ0v) is 16.3. The van der Waals surface area contributed by atoms with Crippen molar-refractivity contribution >= 4 is 23.3 Å². The Morgan fingerprint density at radius 2 is 1.96 bits per heavy atom. The highest BCUT2D eigenvalue weighted by Gasteiger charge is 2.09. The van der Waals surface area contributed by atoms with Crippen LogP contribution in [0.3, 0.4) is 0 Å². The molecule has 0 fully saturated rings. The Labute approximate surface area is 160 Å². The second-order valence-corrected chi connectivity index (χ2v) is 6.49. The third kappa shape index (κ3) is 6.78. The first-order valence-electron chi connectivity index (χ1n) is 9.12. The zero-order chi connectivity index (χ0) is 19.6. The van der Waals surface area contributed by atoms with Gasteiger partial charge in [-0.15, -0.1) is 0 Å². The molecule has 2 aromatic rings. The number of anilines is 4. The number of pyridine rings is 1. The number of likely N-dealkylation sites (N-methyl/N-ethyl adjacent to an activating group) is 1. The molecule has 0 aliphatic rings. The van der Waals surface area contributed by atoms with Crippen LogP contribution in [-0.2, 0) is 6.54 Å². The minimum Gasteiger partial charge on any atom is -0.476 e. The molecule has 0 saturated carbocycles. The number of nitrogens with one attached hydrogen (secondary N) is 2. The minimum absolute atomic E-state index is 0.259. The molecule has 2 rings (SSSR count). The molecule has 0 atom stereocenters. The van der Waals surface area contributed by atoms with E-state index in [0.717, 1.165) is 31.5 Å². The average Bonchev–Trinajstić information content (AvgIpc) is 2.64. The van der Waals surface area contributed by atoms with E-state index in [1.54, 1.807) is 6.20 Å². The van der Waals surface area contributed by atoms with E-state index in [1.807, 2.05) is 26.2 Å². The fourth-order valence-electron chi connectivity index (χ4n) is 2.20. The summed E-state index contributed by atoms with van der Waals surface area (Å²) in [6.45, 7) is 4.87. The number of hydrogen-bond donors (Lipinski definition) is 4. The SMILES string of the molecule is CCCCNc1nc(N)c(N)c(NCc2ccc(OCCN(C)C)nc2)n1. The number of nitrogens with two attached hydrogens (primary N) is 2. The van der Waals surface area contributed by atoms with Crippen LogP contribution >= 0.6 is 0 Å². The molecule has 0 radical (unpaired) electrons. The summed E-state index contributed by atoms with van der Waals surface area (Å²) < 4.78 is 5.59. The normalized spacial score (nSPS) is 10.8. The fraction of sp³-hybridized carbons (Fsp3) is 0.500. The van der Waals surface area contributed by atoms with Crippen LogP contribution in [0.5, 0.6) is 5.88 Å². The highest BCUT2D eigenvalue weighted by Crippen LogP contribution is 2.23. The van der Waals surface area contributed by atoms with Crippen molar-refractivity contribution in [3.8, 4) is 5.88 Å². The molecule has 6 N–H and O–H groups in total. The monoisotopic (exact) mass is 374 g/mol. The van der Waals surface area contributed by atoms with Gasteiger partial charge in [0.05, 0.1) is 0 Å². The lowest BCUT2D eigenvalue weighted by Gasteiger charge is -2.13. The first kappa shape index (κ1) is 20.5. The Hall–Kier alpha value is -2.81. The Morgan fingerprint density at radius 1 is 1.15 bits per heavy atom. The van der Waals surface area contributed by atoms with E-state index >= 15 is 0 Å². The van der Waals surface area contributed by atoms with Crippen LogP contribution in [0.1, 0.15) is 25.3 Å². The van der Waals surface area contributed by atoms with Gasteiger partial charge in [0.1, 0.15) is 12.3 Å². The maximum Gasteiger partial charge on any atom is 0.226 e. The van der Waals surface area contributed by atoms with Crippen molar-refractivity contribution in [3.05, 3.63) is 23.9 Å². The van der Waals surface area contributed by atoms with Crippen LogP contribution in [0.15, 0.2) is 18.3 Å². The lowest BCUT2D eigenvalue weighted by Crippen LogP contribution is -2.19. The van der Waals surface area contributed by atoms with Gasteiger partial charge in [-0.1, -0.05) is 19.4 Å². The van der Waals surface area contributed by atoms with Crippen LogP contribution < -0.4 is 26.8 Å². The van der Waals surface area contributed by atoms with E-state index in [4.69, 9.17) is 16.2 Å². The second kappa shape index (κ2) is 10.4. The highest BCUT2D eigenvalue weighted by molar-refractivity contribution is 5.74. The number of rotatable bonds is 11. The summed E-state index contributed by atoms with van der Waals surface area (Å²) in [6.07, 6.45) is 3.88. The first-order valence-corrected chi connectivity index (χ1v) is 9.12. The Kier molecular flexibility index (Phi) is 7.87. The number of unbranched alkanes of at least 4 members (excludes halogenated alkanes) is 1. The number of nitrogens with zero attached hydrogens (tertiary/aromatic N) is 4. The molecule has 9 nitrogen and oxygen atoms in total. The minimum atomic E-state index is 0.259. The van der Waals surface area contributed by atoms with Crippen LogP contribution in [-0.4, -0.2) is 53.6 Å². The standard InChI is InChI=1S/C18H30N8O/c1-4-5-8-21-18-24-16(20)15(19)17(25-18)23-12-13-6-7-14(22-11-13)27-10-9-26(2)3/h6-7,11H,4-5,8-10,12,19H2,1-3H3,(H4,20,21,23,24,25). The fourth-order valence-corrected chi connectivity index (χ4v) is 2.20. The zero-order valence-electron chi connectivity index (χ0n) is 16.3. The Morgan fingerprint density at radius 3 is 2.63 bits per heavy atom. The van der Waals surface area contributed by atoms with E-state index in [0.29, 0.717) is 36.5 Å². The number of nitrogen functional groups attached to an aromatic ring is 2. The average molecular weight is 374 g/mol. The van der Waals surface area contributed by atoms with Crippen molar-refractivity contribution in [1.29, 1.82) is 0 Å². The summed E-state index contributed by atoms with van der Waals surface area (Å²) in [6, 6.07) is 3.80. The summed E-state index contributed by atoms with van der Waals surface area (Å²) in [5.41, 5.74) is 13.2. The molecule has 9 heteroatoms. The molecular weight excluding hydrogens is 344 g/mol. The van der Waals surface area contributed by atoms with Crippen LogP contribution in [0.25, 0.3) is 0 Å². The van der Waals surface area contributed by atoms with Crippen LogP contribution in [0, 0.1) is 0 Å². The van der Waals surface area contributed by atoms with Crippen molar-refractivity contribution in [2.24, 2.45) is 0 Å². The van der Waals surface area contributed by atoms with Gasteiger partial charge in [-0.25, -0.2) is 4.98 Å². The first-order chi connectivity index (χ1) is 13.0. The Bertz CT molecular complexity index is 705. The highest BCUT2D eigenvalue weighted by atomic mass is 16.5. The predicted octanol–water partition coefficient (Wildman–Crippen LogP) is 1.80. The van der Waals surface area contributed by atoms with Crippen molar-refractivity contribution in [2.75, 3.05) is 55.9 Å². The molecule has 0 spiro atoms. The number of ether oxygens (including phenoxy) is 1. The van der Waals surface area contributed by atoms with E-state index in [-0.39, 0.29) is 5.82 Å². The van der Waals surface area contributed by atoms with Crippen LogP contribution in [0.2, 0.25) is 0 Å². The Balaban J connectivity index is 1.93. The molecule has 148 valence electrons. The second-order valence-electron chi connectivity index (χ2n) is 6.49. The van der Waals surface area contributed by atoms with Crippen molar-refractivity contribution in [1.82, 2.24) is 19.9 Å². The van der Waals surface area contributed by atoms with Gasteiger partial charge in [-0.3, -0.25) is 0 Å². The third-order valence-electron chi connectivity index (χ3n) is 3.83. The van der Waals surface area contributed by atoms with Gasteiger partial charge >= 0.3 is 0 Å². The van der Waals surface area contributed by atoms with Gasteiger partial charge in [0.2, 0.25) is 11.8 Å². The molecular formula is C18H30N8O. The maximum absolute atomic E-state index is 5.99. The van der Waals surface area contributed by atoms with Crippen LogP contribution in [0.4, 0.5) is 23.3 Å². The largest absolute Gasteiger partial charge is 0.476 e. The summed E-state index contributed by atoms with van der Waals surface area (Å²) in [4.78, 5) is 14.9. The summed E-state index contributed by atoms with van der Waals surface area (Å²) in [7, 11) is 4.00. The van der Waals surface area contributed by atoms with Gasteiger partial charge < -0.3 is 31.7 Å². The van der Waals surface area contributed by atoms with E-state index in [2.05, 4.69) is 37.4 Å². The van der Waals surface area contributed by atoms with Crippen molar-refractivity contribution in [3.63, 3.8) is 0 Å². The molecule has 0 aliphatic heterocycles. The van der Waals surface area contributed by atoms with Gasteiger partial charge in [0.25, 0.3) is 0 Å². The molecule has 0 bridgehead atoms. The third-order valence-corrected chi connectivity index (χ3v) is 3.83. The molecule has 27 heavy (non-hydrogen) atoms.